The van der Waals surface area contributed by atoms with Crippen molar-refractivity contribution in [3.8, 4) is 0 Å². The molecule has 1 aliphatic heterocycles. The van der Waals surface area contributed by atoms with Gasteiger partial charge in [0.05, 0.1) is 0 Å². The second kappa shape index (κ2) is 6.48. The Morgan fingerprint density at radius 3 is 2.80 bits per heavy atom. The summed E-state index contributed by atoms with van der Waals surface area (Å²) in [5, 5.41) is 3.04. The molecule has 0 spiro atoms. The molecule has 1 N–H and O–H groups in total. The maximum atomic E-state index is 12.6. The quantitative estimate of drug-likeness (QED) is 0.927. The Morgan fingerprint density at radius 2 is 2.25 bits per heavy atom. The molecule has 1 atom stereocenters. The number of rotatable bonds is 4. The molecule has 1 aromatic heterocycles. The molecule has 0 aliphatic carbocycles. The normalized spacial score (nSPS) is 18.4. The van der Waals surface area contributed by atoms with E-state index in [0.717, 1.165) is 35.0 Å². The van der Waals surface area contributed by atoms with Crippen molar-refractivity contribution < 1.29 is 4.79 Å². The van der Waals surface area contributed by atoms with E-state index in [1.165, 1.54) is 0 Å². The lowest BCUT2D eigenvalue weighted by Gasteiger charge is -2.24. The zero-order valence-electron chi connectivity index (χ0n) is 12.6. The van der Waals surface area contributed by atoms with Gasteiger partial charge in [0.25, 0.3) is 5.91 Å². The van der Waals surface area contributed by atoms with Crippen molar-refractivity contribution in [3.05, 3.63) is 23.4 Å². The zero-order valence-corrected chi connectivity index (χ0v) is 13.5. The lowest BCUT2D eigenvalue weighted by Crippen LogP contribution is -2.37. The van der Waals surface area contributed by atoms with Crippen LogP contribution in [0.4, 0.5) is 5.82 Å². The number of anilines is 1. The van der Waals surface area contributed by atoms with Gasteiger partial charge in [0.15, 0.2) is 0 Å². The Hall–Kier alpha value is -1.23. The summed E-state index contributed by atoms with van der Waals surface area (Å²) in [6, 6.07) is 4.13. The third-order valence-electron chi connectivity index (χ3n) is 3.71. The molecule has 4 nitrogen and oxygen atoms in total. The van der Waals surface area contributed by atoms with Crippen LogP contribution in [0.3, 0.4) is 0 Å². The third kappa shape index (κ3) is 3.26. The van der Waals surface area contributed by atoms with Crippen molar-refractivity contribution in [2.24, 2.45) is 0 Å². The van der Waals surface area contributed by atoms with Crippen molar-refractivity contribution in [1.29, 1.82) is 0 Å². The highest BCUT2D eigenvalue weighted by Gasteiger charge is 2.25. The highest BCUT2D eigenvalue weighted by molar-refractivity contribution is 7.99. The van der Waals surface area contributed by atoms with Crippen LogP contribution in [0.5, 0.6) is 0 Å². The molecule has 5 heteroatoms. The lowest BCUT2D eigenvalue weighted by molar-refractivity contribution is 0.0747. The van der Waals surface area contributed by atoms with Crippen LogP contribution in [-0.4, -0.2) is 47.4 Å². The van der Waals surface area contributed by atoms with Crippen LogP contribution in [0, 0.1) is 0 Å². The minimum atomic E-state index is 0.0956. The first kappa shape index (κ1) is 15.2. The molecule has 110 valence electrons. The predicted molar refractivity (Wildman–Crippen MR) is 85.7 cm³/mol. The van der Waals surface area contributed by atoms with Crippen molar-refractivity contribution in [1.82, 2.24) is 9.88 Å². The summed E-state index contributed by atoms with van der Waals surface area (Å²) in [5.41, 5.74) is 1.68. The molecule has 0 bridgehead atoms. The predicted octanol–water partition coefficient (Wildman–Crippen LogP) is 2.82. The fraction of sp³-hybridized carbons (Fsp3) is 0.600. The van der Waals surface area contributed by atoms with Crippen molar-refractivity contribution in [2.75, 3.05) is 30.9 Å². The molecule has 1 aromatic rings. The van der Waals surface area contributed by atoms with Gasteiger partial charge < -0.3 is 10.2 Å². The molecule has 0 radical (unpaired) electrons. The van der Waals surface area contributed by atoms with E-state index < -0.39 is 0 Å². The molecule has 2 rings (SSSR count). The van der Waals surface area contributed by atoms with Crippen molar-refractivity contribution in [3.63, 3.8) is 0 Å². The Bertz CT molecular complexity index is 484. The Labute approximate surface area is 125 Å². The van der Waals surface area contributed by atoms with Gasteiger partial charge in [-0.15, -0.1) is 0 Å². The van der Waals surface area contributed by atoms with E-state index in [4.69, 9.17) is 0 Å². The second-order valence-corrected chi connectivity index (χ2v) is 6.65. The monoisotopic (exact) mass is 293 g/mol. The molecule has 1 amide bonds. The Kier molecular flexibility index (Phi) is 4.91. The maximum absolute atomic E-state index is 12.6. The number of pyridine rings is 1. The van der Waals surface area contributed by atoms with E-state index in [1.807, 2.05) is 42.9 Å². The van der Waals surface area contributed by atoms with E-state index in [-0.39, 0.29) is 5.91 Å². The fourth-order valence-electron chi connectivity index (χ4n) is 2.30. The molecular formula is C15H23N3OS. The van der Waals surface area contributed by atoms with E-state index >= 15 is 0 Å². The summed E-state index contributed by atoms with van der Waals surface area (Å²) in [4.78, 5) is 19.0. The highest BCUT2D eigenvalue weighted by atomic mass is 32.2. The molecule has 2 heterocycles. The minimum Gasteiger partial charge on any atom is -0.373 e. The van der Waals surface area contributed by atoms with E-state index in [1.54, 1.807) is 0 Å². The van der Waals surface area contributed by atoms with Crippen LogP contribution in [0.25, 0.3) is 0 Å². The zero-order chi connectivity index (χ0) is 14.7. The average Bonchev–Trinajstić information content (AvgIpc) is 2.99. The summed E-state index contributed by atoms with van der Waals surface area (Å²) < 4.78 is 0. The van der Waals surface area contributed by atoms with E-state index in [9.17, 15) is 4.79 Å². The van der Waals surface area contributed by atoms with Gasteiger partial charge in [0.2, 0.25) is 0 Å². The van der Waals surface area contributed by atoms with Crippen LogP contribution < -0.4 is 5.32 Å². The van der Waals surface area contributed by atoms with Gasteiger partial charge in [-0.25, -0.2) is 4.98 Å². The van der Waals surface area contributed by atoms with Gasteiger partial charge >= 0.3 is 0 Å². The lowest BCUT2D eigenvalue weighted by atomic mass is 10.1. The van der Waals surface area contributed by atoms with Crippen LogP contribution in [0.2, 0.25) is 0 Å². The van der Waals surface area contributed by atoms with Crippen LogP contribution in [0.15, 0.2) is 12.1 Å². The molecular weight excluding hydrogens is 270 g/mol. The van der Waals surface area contributed by atoms with Crippen molar-refractivity contribution in [2.45, 2.75) is 32.2 Å². The van der Waals surface area contributed by atoms with Crippen LogP contribution in [-0.2, 0) is 0 Å². The first-order chi connectivity index (χ1) is 9.52. The number of hydrogen-bond donors (Lipinski definition) is 1. The number of nitrogens with one attached hydrogen (secondary N) is 1. The SMILES string of the molecule is CNc1cc(C(=O)N(C)C2CCSC2)cc(C(C)C)n1. The molecule has 1 unspecified atom stereocenters. The number of nitrogens with zero attached hydrogens (tertiary/aromatic N) is 2. The first-order valence-corrected chi connectivity index (χ1v) is 8.23. The third-order valence-corrected chi connectivity index (χ3v) is 4.86. The summed E-state index contributed by atoms with van der Waals surface area (Å²) in [6.45, 7) is 4.18. The van der Waals surface area contributed by atoms with Crippen LogP contribution in [0.1, 0.15) is 42.2 Å². The van der Waals surface area contributed by atoms with Gasteiger partial charge in [0, 0.05) is 37.1 Å². The standard InChI is InChI=1S/C15H23N3OS/c1-10(2)13-7-11(8-14(16-3)17-13)15(19)18(4)12-5-6-20-9-12/h7-8,10,12H,5-6,9H2,1-4H3,(H,16,17). The largest absolute Gasteiger partial charge is 0.373 e. The molecule has 20 heavy (non-hydrogen) atoms. The number of thioether (sulfide) groups is 1. The number of carbonyl (C=O) groups excluding carboxylic acids is 1. The van der Waals surface area contributed by atoms with Crippen molar-refractivity contribution >= 4 is 23.5 Å². The van der Waals surface area contributed by atoms with Gasteiger partial charge in [-0.3, -0.25) is 4.79 Å². The smallest absolute Gasteiger partial charge is 0.254 e. The summed E-state index contributed by atoms with van der Waals surface area (Å²) in [5.74, 6) is 3.36. The number of carbonyl (C=O) groups is 1. The summed E-state index contributed by atoms with van der Waals surface area (Å²) in [7, 11) is 3.74. The molecule has 0 saturated carbocycles. The van der Waals surface area contributed by atoms with E-state index in [2.05, 4.69) is 24.1 Å². The fourth-order valence-corrected chi connectivity index (χ4v) is 3.56. The van der Waals surface area contributed by atoms with Gasteiger partial charge in [-0.1, -0.05) is 13.8 Å². The highest BCUT2D eigenvalue weighted by Crippen LogP contribution is 2.24. The van der Waals surface area contributed by atoms with E-state index in [0.29, 0.717) is 12.0 Å². The first-order valence-electron chi connectivity index (χ1n) is 7.07. The molecule has 0 aromatic carbocycles. The maximum Gasteiger partial charge on any atom is 0.254 e. The number of amides is 1. The summed E-state index contributed by atoms with van der Waals surface area (Å²) >= 11 is 1.92. The number of hydrogen-bond acceptors (Lipinski definition) is 4. The molecule has 1 aliphatic rings. The second-order valence-electron chi connectivity index (χ2n) is 5.50. The average molecular weight is 293 g/mol. The summed E-state index contributed by atoms with van der Waals surface area (Å²) in [6.07, 6.45) is 1.09. The van der Waals surface area contributed by atoms with Gasteiger partial charge in [0.1, 0.15) is 5.82 Å². The Balaban J connectivity index is 2.26. The number of aromatic nitrogens is 1. The molecule has 1 fully saturated rings. The van der Waals surface area contributed by atoms with Gasteiger partial charge in [-0.05, 0) is 30.2 Å². The topological polar surface area (TPSA) is 45.2 Å². The minimum absolute atomic E-state index is 0.0956. The van der Waals surface area contributed by atoms with Crippen LogP contribution >= 0.6 is 11.8 Å². The Morgan fingerprint density at radius 1 is 1.50 bits per heavy atom. The molecule has 1 saturated heterocycles. The van der Waals surface area contributed by atoms with Gasteiger partial charge in [-0.2, -0.15) is 11.8 Å².